The zero-order valence-corrected chi connectivity index (χ0v) is 30.8. The van der Waals surface area contributed by atoms with Gasteiger partial charge in [-0.05, 0) is 58.9 Å². The molecule has 1 aliphatic heterocycles. The van der Waals surface area contributed by atoms with Crippen LogP contribution in [0.15, 0.2) is 36.4 Å². The molecule has 3 heterocycles. The lowest BCUT2D eigenvalue weighted by Gasteiger charge is -2.32. The highest BCUT2D eigenvalue weighted by atomic mass is 31.2. The molecule has 0 spiro atoms. The van der Waals surface area contributed by atoms with Crippen LogP contribution in [0.4, 0.5) is 0 Å². The molecule has 0 amide bonds. The first-order valence-electron chi connectivity index (χ1n) is 16.7. The van der Waals surface area contributed by atoms with Crippen molar-refractivity contribution in [3.05, 3.63) is 47.8 Å². The predicted molar refractivity (Wildman–Crippen MR) is 185 cm³/mol. The van der Waals surface area contributed by atoms with Crippen LogP contribution in [0.2, 0.25) is 0 Å². The Balaban J connectivity index is 1.84. The fourth-order valence-corrected chi connectivity index (χ4v) is 8.08. The molecule has 1 atom stereocenters. The fraction of sp³-hybridized carbons (Fsp3) is 0.656. The summed E-state index contributed by atoms with van der Waals surface area (Å²) in [7, 11) is -7.13. The third-order valence-corrected chi connectivity index (χ3v) is 11.4. The second-order valence-electron chi connectivity index (χ2n) is 10.9. The van der Waals surface area contributed by atoms with E-state index in [9.17, 15) is 14.5 Å². The van der Waals surface area contributed by atoms with Gasteiger partial charge in [0.2, 0.25) is 0 Å². The highest BCUT2D eigenvalue weighted by Crippen LogP contribution is 2.46. The zero-order valence-electron chi connectivity index (χ0n) is 29.0. The lowest BCUT2D eigenvalue weighted by atomic mass is 10.1. The van der Waals surface area contributed by atoms with Crippen molar-refractivity contribution in [2.45, 2.75) is 53.8 Å². The van der Waals surface area contributed by atoms with Gasteiger partial charge < -0.3 is 37.7 Å². The maximum atomic E-state index is 13.4. The minimum atomic E-state index is -3.57. The monoisotopic (exact) mass is 713 g/mol. The summed E-state index contributed by atoms with van der Waals surface area (Å²) in [5, 5.41) is 9.20. The van der Waals surface area contributed by atoms with Crippen molar-refractivity contribution in [2.75, 3.05) is 85.7 Å². The van der Waals surface area contributed by atoms with E-state index in [1.165, 1.54) is 0 Å². The Hall–Kier alpha value is -1.93. The Bertz CT molecular complexity index is 1330. The first-order valence-corrected chi connectivity index (χ1v) is 19.7. The van der Waals surface area contributed by atoms with Crippen LogP contribution < -0.4 is 10.9 Å². The second kappa shape index (κ2) is 21.3. The molecular formula is C32H53N5O9P2. The largest absolute Gasteiger partial charge is 0.379 e. The summed E-state index contributed by atoms with van der Waals surface area (Å²) in [6, 6.07) is 10.3. The lowest BCUT2D eigenvalue weighted by Crippen LogP contribution is -2.45. The van der Waals surface area contributed by atoms with Gasteiger partial charge in [0.1, 0.15) is 0 Å². The first-order chi connectivity index (χ1) is 23.2. The van der Waals surface area contributed by atoms with Gasteiger partial charge in [-0.25, -0.2) is 9.97 Å². The highest BCUT2D eigenvalue weighted by Gasteiger charge is 2.30. The standard InChI is InChI=1S/C32H53N5O9P2/c1-6-43-47(38,44-7-2)31-14-10-12-28(34-31)24-36-16-18-40-20-22-42-23-21-41-19-17-37(27(5)30(33)26-36)25-29-13-11-15-32(35-29)48(39,45-8-3)46-9-4/h10-15,27,33H,6-9,16-26H2,1-5H3. The minimum absolute atomic E-state index is 0.226. The maximum absolute atomic E-state index is 13.4. The summed E-state index contributed by atoms with van der Waals surface area (Å²) < 4.78 is 66.3. The molecule has 1 fully saturated rings. The minimum Gasteiger partial charge on any atom is -0.378 e. The Kier molecular flexibility index (Phi) is 18.0. The van der Waals surface area contributed by atoms with Gasteiger partial charge in [0.05, 0.1) is 77.5 Å². The van der Waals surface area contributed by atoms with E-state index in [2.05, 4.69) is 19.8 Å². The number of hydrogen-bond donors (Lipinski definition) is 1. The van der Waals surface area contributed by atoms with Gasteiger partial charge in [0, 0.05) is 44.5 Å². The Morgan fingerprint density at radius 2 is 1.15 bits per heavy atom. The normalized spacial score (nSPS) is 19.0. The van der Waals surface area contributed by atoms with Gasteiger partial charge in [-0.15, -0.1) is 0 Å². The Morgan fingerprint density at radius 3 is 1.62 bits per heavy atom. The first kappa shape index (κ1) is 40.5. The number of nitrogens with one attached hydrogen (secondary N) is 1. The van der Waals surface area contributed by atoms with Crippen LogP contribution in [0.3, 0.4) is 0 Å². The van der Waals surface area contributed by atoms with Crippen molar-refractivity contribution in [1.29, 1.82) is 5.41 Å². The molecule has 0 saturated carbocycles. The molecule has 3 rings (SSSR count). The average Bonchev–Trinajstić information content (AvgIpc) is 3.06. The van der Waals surface area contributed by atoms with Gasteiger partial charge in [-0.3, -0.25) is 18.9 Å². The Morgan fingerprint density at radius 1 is 0.708 bits per heavy atom. The van der Waals surface area contributed by atoms with Crippen LogP contribution in [-0.4, -0.2) is 117 Å². The van der Waals surface area contributed by atoms with E-state index in [1.807, 2.05) is 19.1 Å². The quantitative estimate of drug-likeness (QED) is 0.281. The summed E-state index contributed by atoms with van der Waals surface area (Å²) in [5.74, 6) is 0. The SMILES string of the molecule is CCOP(=O)(OCC)c1cccc(CN2CCOCCOCCOCCN(Cc3cccc(P(=O)(OCC)OCC)n3)C(C)C(=N)C2)n1. The van der Waals surface area contributed by atoms with Crippen molar-refractivity contribution in [3.8, 4) is 0 Å². The average molecular weight is 714 g/mol. The number of hydrogen-bond acceptors (Lipinski definition) is 14. The Labute approximate surface area is 285 Å². The van der Waals surface area contributed by atoms with Crippen molar-refractivity contribution < 1.29 is 41.4 Å². The summed E-state index contributed by atoms with van der Waals surface area (Å²) >= 11 is 0. The van der Waals surface area contributed by atoms with E-state index in [0.717, 1.165) is 0 Å². The van der Waals surface area contributed by atoms with Gasteiger partial charge in [-0.2, -0.15) is 0 Å². The molecule has 1 N–H and O–H groups in total. The molecule has 0 radical (unpaired) electrons. The van der Waals surface area contributed by atoms with Crippen molar-refractivity contribution in [2.24, 2.45) is 0 Å². The van der Waals surface area contributed by atoms with E-state index in [-0.39, 0.29) is 43.3 Å². The summed E-state index contributed by atoms with van der Waals surface area (Å²) in [4.78, 5) is 13.5. The molecule has 0 aromatic carbocycles. The van der Waals surface area contributed by atoms with E-state index in [4.69, 9.17) is 32.3 Å². The topological polar surface area (TPSA) is 155 Å². The highest BCUT2D eigenvalue weighted by molar-refractivity contribution is 7.62. The molecule has 1 aliphatic rings. The van der Waals surface area contributed by atoms with Gasteiger partial charge in [0.25, 0.3) is 0 Å². The zero-order chi connectivity index (χ0) is 34.8. The molecule has 14 nitrogen and oxygen atoms in total. The van der Waals surface area contributed by atoms with Crippen LogP contribution in [0.1, 0.15) is 46.0 Å². The summed E-state index contributed by atoms with van der Waals surface area (Å²) in [6.07, 6.45) is 0. The molecular weight excluding hydrogens is 660 g/mol. The molecule has 0 aliphatic carbocycles. The van der Waals surface area contributed by atoms with Crippen LogP contribution in [-0.2, 0) is 54.5 Å². The molecule has 2 aromatic rings. The molecule has 16 heteroatoms. The van der Waals surface area contributed by atoms with E-state index >= 15 is 0 Å². The third kappa shape index (κ3) is 12.8. The van der Waals surface area contributed by atoms with Gasteiger partial charge in [0.15, 0.2) is 10.9 Å². The smallest absolute Gasteiger partial charge is 0.378 e. The van der Waals surface area contributed by atoms with Crippen molar-refractivity contribution >= 4 is 31.8 Å². The molecule has 270 valence electrons. The van der Waals surface area contributed by atoms with Crippen LogP contribution in [0.25, 0.3) is 0 Å². The fourth-order valence-electron chi connectivity index (χ4n) is 5.01. The number of aromatic nitrogens is 2. The summed E-state index contributed by atoms with van der Waals surface area (Å²) in [6.45, 7) is 14.7. The predicted octanol–water partition coefficient (Wildman–Crippen LogP) is 4.04. The van der Waals surface area contributed by atoms with Gasteiger partial charge >= 0.3 is 15.2 Å². The van der Waals surface area contributed by atoms with E-state index in [0.29, 0.717) is 89.5 Å². The second-order valence-corrected chi connectivity index (χ2v) is 14.8. The van der Waals surface area contributed by atoms with Crippen LogP contribution in [0.5, 0.6) is 0 Å². The maximum Gasteiger partial charge on any atom is 0.379 e. The molecule has 1 unspecified atom stereocenters. The van der Waals surface area contributed by atoms with Gasteiger partial charge in [-0.1, -0.05) is 12.1 Å². The number of pyridine rings is 2. The summed E-state index contributed by atoms with van der Waals surface area (Å²) in [5.41, 5.74) is 2.33. The third-order valence-electron chi connectivity index (χ3n) is 7.36. The molecule has 2 aromatic heterocycles. The molecule has 0 bridgehead atoms. The van der Waals surface area contributed by atoms with Crippen molar-refractivity contribution in [3.63, 3.8) is 0 Å². The lowest BCUT2D eigenvalue weighted by molar-refractivity contribution is 0.00513. The van der Waals surface area contributed by atoms with Crippen LogP contribution in [0, 0.1) is 5.41 Å². The number of ether oxygens (including phenoxy) is 3. The molecule has 48 heavy (non-hydrogen) atoms. The van der Waals surface area contributed by atoms with E-state index < -0.39 is 15.2 Å². The number of rotatable bonds is 14. The van der Waals surface area contributed by atoms with Crippen molar-refractivity contribution in [1.82, 2.24) is 19.8 Å². The van der Waals surface area contributed by atoms with Crippen LogP contribution >= 0.6 is 15.2 Å². The number of nitrogens with zero attached hydrogens (tertiary/aromatic N) is 4. The van der Waals surface area contributed by atoms with E-state index in [1.54, 1.807) is 52.0 Å². The molecule has 1 saturated heterocycles.